The van der Waals surface area contributed by atoms with Crippen LogP contribution in [0.25, 0.3) is 0 Å². The number of anilines is 2. The predicted octanol–water partition coefficient (Wildman–Crippen LogP) is 5.79. The van der Waals surface area contributed by atoms with Crippen LogP contribution in [0.1, 0.15) is 22.7 Å². The average Bonchev–Trinajstić information content (AvgIpc) is 2.62. The Morgan fingerprint density at radius 2 is 1.68 bits per heavy atom. The molecule has 0 radical (unpaired) electrons. The van der Waals surface area contributed by atoms with Gasteiger partial charge < -0.3 is 5.32 Å². The highest BCUT2D eigenvalue weighted by atomic mass is 35.5. The van der Waals surface area contributed by atoms with Crippen molar-refractivity contribution in [3.05, 3.63) is 94.5 Å². The molecule has 124 valence electrons. The Hall–Kier alpha value is -2.78. The zero-order valence-electron chi connectivity index (χ0n) is 13.7. The first-order valence-electron chi connectivity index (χ1n) is 8.15. The van der Waals surface area contributed by atoms with Crippen LogP contribution in [0.15, 0.2) is 72.8 Å². The molecule has 1 atom stereocenters. The summed E-state index contributed by atoms with van der Waals surface area (Å²) in [6.45, 7) is 2.01. The van der Waals surface area contributed by atoms with Crippen LogP contribution in [0.2, 0.25) is 5.02 Å². The Balaban J connectivity index is 1.96. The van der Waals surface area contributed by atoms with Crippen molar-refractivity contribution in [1.82, 2.24) is 0 Å². The van der Waals surface area contributed by atoms with Gasteiger partial charge in [0.05, 0.1) is 6.04 Å². The minimum absolute atomic E-state index is 0.141. The van der Waals surface area contributed by atoms with Crippen molar-refractivity contribution in [3.8, 4) is 0 Å². The maximum atomic E-state index is 13.0. The number of hydrogen-bond acceptors (Lipinski definition) is 1. The summed E-state index contributed by atoms with van der Waals surface area (Å²) in [5.74, 6) is 0. The van der Waals surface area contributed by atoms with Crippen molar-refractivity contribution in [2.45, 2.75) is 13.0 Å². The monoisotopic (exact) mass is 348 g/mol. The van der Waals surface area contributed by atoms with Gasteiger partial charge in [0.25, 0.3) is 0 Å². The fourth-order valence-corrected chi connectivity index (χ4v) is 3.53. The summed E-state index contributed by atoms with van der Waals surface area (Å²) in [4.78, 5) is 14.8. The summed E-state index contributed by atoms with van der Waals surface area (Å²) >= 11 is 6.26. The van der Waals surface area contributed by atoms with Gasteiger partial charge in [0.1, 0.15) is 0 Å². The number of nitrogens with one attached hydrogen (secondary N) is 1. The van der Waals surface area contributed by atoms with Crippen molar-refractivity contribution in [1.29, 1.82) is 0 Å². The van der Waals surface area contributed by atoms with Crippen LogP contribution in [0, 0.1) is 6.92 Å². The van der Waals surface area contributed by atoms with Gasteiger partial charge in [0.15, 0.2) is 0 Å². The standard InChI is InChI=1S/C21H17ClN2O/c1-14-7-5-6-10-19(14)24-20(15-8-3-2-4-9-15)17-13-16(22)11-12-18(17)23-21(24)25/h2-13,20H,1H3,(H,23,25). The molecule has 3 aromatic carbocycles. The van der Waals surface area contributed by atoms with Crippen molar-refractivity contribution >= 4 is 29.0 Å². The van der Waals surface area contributed by atoms with Gasteiger partial charge in [-0.15, -0.1) is 0 Å². The van der Waals surface area contributed by atoms with Gasteiger partial charge in [-0.2, -0.15) is 0 Å². The predicted molar refractivity (Wildman–Crippen MR) is 102 cm³/mol. The number of fused-ring (bicyclic) bond motifs is 1. The molecule has 0 aliphatic carbocycles. The highest BCUT2D eigenvalue weighted by Gasteiger charge is 2.35. The molecule has 0 aromatic heterocycles. The number of carbonyl (C=O) groups is 1. The van der Waals surface area contributed by atoms with Gasteiger partial charge in [-0.05, 0) is 42.3 Å². The highest BCUT2D eigenvalue weighted by Crippen LogP contribution is 2.42. The van der Waals surface area contributed by atoms with Crippen LogP contribution in [0.5, 0.6) is 0 Å². The van der Waals surface area contributed by atoms with Crippen molar-refractivity contribution < 1.29 is 4.79 Å². The van der Waals surface area contributed by atoms with E-state index in [1.807, 2.05) is 78.6 Å². The van der Waals surface area contributed by atoms with E-state index in [1.165, 1.54) is 0 Å². The van der Waals surface area contributed by atoms with Crippen molar-refractivity contribution in [2.75, 3.05) is 10.2 Å². The molecule has 4 rings (SSSR count). The molecule has 0 bridgehead atoms. The van der Waals surface area contributed by atoms with Crippen LogP contribution >= 0.6 is 11.6 Å². The summed E-state index contributed by atoms with van der Waals surface area (Å²) < 4.78 is 0. The summed E-state index contributed by atoms with van der Waals surface area (Å²) in [6, 6.07) is 23.2. The third-order valence-corrected chi connectivity index (χ3v) is 4.75. The second-order valence-electron chi connectivity index (χ2n) is 6.13. The molecule has 3 nitrogen and oxygen atoms in total. The lowest BCUT2D eigenvalue weighted by molar-refractivity contribution is 0.254. The number of aryl methyl sites for hydroxylation is 1. The van der Waals surface area contributed by atoms with E-state index >= 15 is 0 Å². The molecule has 3 aromatic rings. The minimum atomic E-state index is -0.232. The molecule has 0 spiro atoms. The van der Waals surface area contributed by atoms with E-state index in [0.29, 0.717) is 5.02 Å². The average molecular weight is 349 g/mol. The number of amides is 2. The van der Waals surface area contributed by atoms with Crippen LogP contribution in [0.3, 0.4) is 0 Å². The molecule has 1 aliphatic rings. The van der Waals surface area contributed by atoms with E-state index in [2.05, 4.69) is 5.32 Å². The van der Waals surface area contributed by atoms with Crippen molar-refractivity contribution in [2.24, 2.45) is 0 Å². The van der Waals surface area contributed by atoms with E-state index in [9.17, 15) is 4.79 Å². The van der Waals surface area contributed by atoms with Crippen molar-refractivity contribution in [3.63, 3.8) is 0 Å². The Morgan fingerprint density at radius 3 is 2.44 bits per heavy atom. The maximum Gasteiger partial charge on any atom is 0.327 e. The van der Waals surface area contributed by atoms with E-state index in [0.717, 1.165) is 28.1 Å². The first kappa shape index (κ1) is 15.7. The number of para-hydroxylation sites is 1. The number of urea groups is 1. The molecular weight excluding hydrogens is 332 g/mol. The van der Waals surface area contributed by atoms with Crippen LogP contribution in [-0.2, 0) is 0 Å². The maximum absolute atomic E-state index is 13.0. The molecule has 1 N–H and O–H groups in total. The summed E-state index contributed by atoms with van der Waals surface area (Å²) in [7, 11) is 0. The zero-order chi connectivity index (χ0) is 17.4. The lowest BCUT2D eigenvalue weighted by Crippen LogP contribution is -2.43. The summed E-state index contributed by atoms with van der Waals surface area (Å²) in [5.41, 5.74) is 4.77. The largest absolute Gasteiger partial charge is 0.327 e. The number of hydrogen-bond donors (Lipinski definition) is 1. The van der Waals surface area contributed by atoms with Gasteiger partial charge in [0, 0.05) is 22.0 Å². The van der Waals surface area contributed by atoms with E-state index < -0.39 is 0 Å². The molecule has 1 unspecified atom stereocenters. The van der Waals surface area contributed by atoms with Crippen LogP contribution < -0.4 is 10.2 Å². The van der Waals surface area contributed by atoms with Gasteiger partial charge >= 0.3 is 6.03 Å². The van der Waals surface area contributed by atoms with Gasteiger partial charge in [-0.3, -0.25) is 4.90 Å². The normalized spacial score (nSPS) is 16.3. The van der Waals surface area contributed by atoms with E-state index in [1.54, 1.807) is 6.07 Å². The lowest BCUT2D eigenvalue weighted by Gasteiger charge is -2.38. The lowest BCUT2D eigenvalue weighted by atomic mass is 9.93. The van der Waals surface area contributed by atoms with Crippen LogP contribution in [-0.4, -0.2) is 6.03 Å². The first-order chi connectivity index (χ1) is 12.1. The molecule has 4 heteroatoms. The third-order valence-electron chi connectivity index (χ3n) is 4.52. The molecule has 2 amide bonds. The number of carbonyl (C=O) groups excluding carboxylic acids is 1. The topological polar surface area (TPSA) is 32.3 Å². The SMILES string of the molecule is Cc1ccccc1N1C(=O)Nc2ccc(Cl)cc2C1c1ccccc1. The zero-order valence-corrected chi connectivity index (χ0v) is 14.5. The Kier molecular flexibility index (Phi) is 3.94. The summed E-state index contributed by atoms with van der Waals surface area (Å²) in [5, 5.41) is 3.64. The first-order valence-corrected chi connectivity index (χ1v) is 8.53. The minimum Gasteiger partial charge on any atom is -0.307 e. The van der Waals surface area contributed by atoms with Crippen LogP contribution in [0.4, 0.5) is 16.2 Å². The Labute approximate surface area is 151 Å². The molecule has 0 saturated heterocycles. The number of nitrogens with zero attached hydrogens (tertiary/aromatic N) is 1. The Bertz CT molecular complexity index is 940. The molecule has 1 heterocycles. The van der Waals surface area contributed by atoms with Gasteiger partial charge in [-0.1, -0.05) is 60.1 Å². The highest BCUT2D eigenvalue weighted by molar-refractivity contribution is 6.30. The smallest absolute Gasteiger partial charge is 0.307 e. The van der Waals surface area contributed by atoms with E-state index in [-0.39, 0.29) is 12.1 Å². The second kappa shape index (κ2) is 6.26. The molecule has 0 fully saturated rings. The summed E-state index contributed by atoms with van der Waals surface area (Å²) in [6.07, 6.45) is 0. The second-order valence-corrected chi connectivity index (χ2v) is 6.57. The number of benzene rings is 3. The molecular formula is C21H17ClN2O. The number of halogens is 1. The molecule has 0 saturated carbocycles. The van der Waals surface area contributed by atoms with E-state index in [4.69, 9.17) is 11.6 Å². The third kappa shape index (κ3) is 2.77. The Morgan fingerprint density at radius 1 is 0.960 bits per heavy atom. The molecule has 1 aliphatic heterocycles. The van der Waals surface area contributed by atoms with Gasteiger partial charge in [-0.25, -0.2) is 4.79 Å². The number of rotatable bonds is 2. The molecule has 25 heavy (non-hydrogen) atoms. The quantitative estimate of drug-likeness (QED) is 0.624. The van der Waals surface area contributed by atoms with Gasteiger partial charge in [0.2, 0.25) is 0 Å². The fraction of sp³-hybridized carbons (Fsp3) is 0.0952. The fourth-order valence-electron chi connectivity index (χ4n) is 3.35.